The third-order valence-corrected chi connectivity index (χ3v) is 1.62. The molecule has 0 spiro atoms. The van der Waals surface area contributed by atoms with Crippen LogP contribution in [0.3, 0.4) is 0 Å². The van der Waals surface area contributed by atoms with Crippen molar-refractivity contribution in [1.29, 1.82) is 0 Å². The molecule has 0 bridgehead atoms. The molecule has 2 N–H and O–H groups in total. The van der Waals surface area contributed by atoms with Crippen molar-refractivity contribution >= 4 is 17.3 Å². The molecule has 1 aliphatic heterocycles. The summed E-state index contributed by atoms with van der Waals surface area (Å²) in [5.41, 5.74) is 2.03. The minimum absolute atomic E-state index is 0.654. The molecule has 0 atom stereocenters. The van der Waals surface area contributed by atoms with Crippen molar-refractivity contribution in [2.45, 2.75) is 19.8 Å². The molecule has 0 aromatic rings. The lowest BCUT2D eigenvalue weighted by atomic mass is 10.2. The molecule has 1 heterocycles. The van der Waals surface area contributed by atoms with Crippen molar-refractivity contribution < 1.29 is 0 Å². The maximum atomic E-state index is 4.95. The number of nitrogens with one attached hydrogen (secondary N) is 2. The predicted octanol–water partition coefficient (Wildman–Crippen LogP) is 1.66. The van der Waals surface area contributed by atoms with Crippen molar-refractivity contribution in [3.05, 3.63) is 24.0 Å². The maximum absolute atomic E-state index is 4.95. The molecule has 1 rings (SSSR count). The summed E-state index contributed by atoms with van der Waals surface area (Å²) < 4.78 is 0. The summed E-state index contributed by atoms with van der Waals surface area (Å²) >= 11 is 4.95. The van der Waals surface area contributed by atoms with Crippen LogP contribution in [-0.2, 0) is 0 Å². The molecule has 11 heavy (non-hydrogen) atoms. The Hall–Kier alpha value is -0.830. The van der Waals surface area contributed by atoms with Gasteiger partial charge in [0.15, 0.2) is 5.11 Å². The molecular weight excluding hydrogens is 156 g/mol. The van der Waals surface area contributed by atoms with E-state index in [9.17, 15) is 0 Å². The van der Waals surface area contributed by atoms with E-state index in [1.54, 1.807) is 0 Å². The molecule has 2 nitrogen and oxygen atoms in total. The van der Waals surface area contributed by atoms with Gasteiger partial charge in [0.2, 0.25) is 0 Å². The van der Waals surface area contributed by atoms with Gasteiger partial charge in [-0.3, -0.25) is 0 Å². The van der Waals surface area contributed by atoms with Gasteiger partial charge >= 0.3 is 0 Å². The normalized spacial score (nSPS) is 17.0. The molecule has 1 aliphatic rings. The third-order valence-electron chi connectivity index (χ3n) is 1.42. The van der Waals surface area contributed by atoms with E-state index in [4.69, 9.17) is 12.2 Å². The van der Waals surface area contributed by atoms with Crippen LogP contribution in [0.25, 0.3) is 0 Å². The molecule has 0 aromatic heterocycles. The Balaban J connectivity index is 2.64. The van der Waals surface area contributed by atoms with Crippen LogP contribution in [0.5, 0.6) is 0 Å². The average Bonchev–Trinajstić information content (AvgIpc) is 1.85. The number of rotatable bonds is 2. The molecule has 0 aliphatic carbocycles. The van der Waals surface area contributed by atoms with Crippen LogP contribution in [-0.4, -0.2) is 5.11 Å². The molecule has 0 aromatic carbocycles. The van der Waals surface area contributed by atoms with Gasteiger partial charge in [0, 0.05) is 11.4 Å². The Morgan fingerprint density at radius 2 is 2.27 bits per heavy atom. The molecule has 3 heteroatoms. The van der Waals surface area contributed by atoms with Crippen LogP contribution in [0.1, 0.15) is 19.8 Å². The smallest absolute Gasteiger partial charge is 0.174 e. The quantitative estimate of drug-likeness (QED) is 0.613. The van der Waals surface area contributed by atoms with E-state index in [1.807, 2.05) is 6.08 Å². The lowest BCUT2D eigenvalue weighted by Crippen LogP contribution is -2.37. The first-order valence-electron chi connectivity index (χ1n) is 3.70. The van der Waals surface area contributed by atoms with Gasteiger partial charge in [-0.15, -0.1) is 0 Å². The Kier molecular flexibility index (Phi) is 2.65. The van der Waals surface area contributed by atoms with Crippen molar-refractivity contribution in [1.82, 2.24) is 10.6 Å². The number of allylic oxidation sites excluding steroid dienone is 2. The van der Waals surface area contributed by atoms with Gasteiger partial charge < -0.3 is 10.6 Å². The fourth-order valence-electron chi connectivity index (χ4n) is 1.01. The molecular formula is C8H12N2S. The van der Waals surface area contributed by atoms with E-state index in [0.29, 0.717) is 5.11 Å². The molecule has 0 amide bonds. The number of hydrogen-bond donors (Lipinski definition) is 2. The second-order valence-corrected chi connectivity index (χ2v) is 2.93. The van der Waals surface area contributed by atoms with E-state index >= 15 is 0 Å². The van der Waals surface area contributed by atoms with E-state index in [-0.39, 0.29) is 0 Å². The fraction of sp³-hybridized carbons (Fsp3) is 0.375. The predicted molar refractivity (Wildman–Crippen MR) is 51.0 cm³/mol. The van der Waals surface area contributed by atoms with Crippen LogP contribution in [0.2, 0.25) is 0 Å². The molecule has 0 unspecified atom stereocenters. The standard InChI is InChI=1S/C8H12N2S/c1-3-4-7-5-6(2)9-8(11)10-7/h5H,2-4H2,1H3,(H2,9,10,11). The Morgan fingerprint density at radius 3 is 2.82 bits per heavy atom. The molecule has 0 radical (unpaired) electrons. The summed E-state index contributed by atoms with van der Waals surface area (Å²) in [4.78, 5) is 0. The maximum Gasteiger partial charge on any atom is 0.174 e. The second-order valence-electron chi connectivity index (χ2n) is 2.52. The van der Waals surface area contributed by atoms with Crippen molar-refractivity contribution in [3.63, 3.8) is 0 Å². The largest absolute Gasteiger partial charge is 0.336 e. The van der Waals surface area contributed by atoms with Gasteiger partial charge in [-0.25, -0.2) is 0 Å². The molecule has 0 saturated heterocycles. The molecule has 0 fully saturated rings. The highest BCUT2D eigenvalue weighted by Gasteiger charge is 2.06. The van der Waals surface area contributed by atoms with E-state index in [0.717, 1.165) is 24.2 Å². The summed E-state index contributed by atoms with van der Waals surface area (Å²) in [6.07, 6.45) is 4.13. The fourth-order valence-corrected chi connectivity index (χ4v) is 1.27. The second kappa shape index (κ2) is 3.53. The van der Waals surface area contributed by atoms with Crippen molar-refractivity contribution in [3.8, 4) is 0 Å². The van der Waals surface area contributed by atoms with Crippen LogP contribution in [0.4, 0.5) is 0 Å². The summed E-state index contributed by atoms with van der Waals surface area (Å²) in [5, 5.41) is 6.64. The van der Waals surface area contributed by atoms with Gasteiger partial charge in [-0.05, 0) is 24.7 Å². The van der Waals surface area contributed by atoms with Gasteiger partial charge in [0.1, 0.15) is 0 Å². The van der Waals surface area contributed by atoms with Crippen molar-refractivity contribution in [2.24, 2.45) is 0 Å². The summed E-state index contributed by atoms with van der Waals surface area (Å²) in [6.45, 7) is 5.92. The third kappa shape index (κ3) is 2.35. The van der Waals surface area contributed by atoms with Gasteiger partial charge in [-0.2, -0.15) is 0 Å². The minimum Gasteiger partial charge on any atom is -0.336 e. The zero-order valence-electron chi connectivity index (χ0n) is 6.61. The Morgan fingerprint density at radius 1 is 1.55 bits per heavy atom. The summed E-state index contributed by atoms with van der Waals surface area (Å²) in [6, 6.07) is 0. The highest BCUT2D eigenvalue weighted by molar-refractivity contribution is 7.80. The van der Waals surface area contributed by atoms with E-state index in [1.165, 1.54) is 0 Å². The van der Waals surface area contributed by atoms with Crippen LogP contribution >= 0.6 is 12.2 Å². The highest BCUT2D eigenvalue weighted by Crippen LogP contribution is 2.07. The first-order chi connectivity index (χ1) is 5.22. The number of hydrogen-bond acceptors (Lipinski definition) is 1. The average molecular weight is 168 g/mol. The van der Waals surface area contributed by atoms with Crippen LogP contribution in [0, 0.1) is 0 Å². The molecule has 60 valence electrons. The summed E-state index contributed by atoms with van der Waals surface area (Å²) in [5.74, 6) is 0. The first-order valence-corrected chi connectivity index (χ1v) is 4.10. The topological polar surface area (TPSA) is 24.1 Å². The lowest BCUT2D eigenvalue weighted by Gasteiger charge is -2.18. The zero-order valence-corrected chi connectivity index (χ0v) is 7.42. The first kappa shape index (κ1) is 8.27. The molecule has 0 saturated carbocycles. The summed E-state index contributed by atoms with van der Waals surface area (Å²) in [7, 11) is 0. The van der Waals surface area contributed by atoms with Gasteiger partial charge in [-0.1, -0.05) is 19.9 Å². The van der Waals surface area contributed by atoms with Crippen molar-refractivity contribution in [2.75, 3.05) is 0 Å². The zero-order chi connectivity index (χ0) is 8.27. The Labute approximate surface area is 72.4 Å². The Bertz CT molecular complexity index is 218. The highest BCUT2D eigenvalue weighted by atomic mass is 32.1. The van der Waals surface area contributed by atoms with E-state index in [2.05, 4.69) is 24.1 Å². The minimum atomic E-state index is 0.654. The van der Waals surface area contributed by atoms with Gasteiger partial charge in [0.05, 0.1) is 0 Å². The monoisotopic (exact) mass is 168 g/mol. The van der Waals surface area contributed by atoms with Crippen LogP contribution in [0.15, 0.2) is 24.0 Å². The SMILES string of the molecule is C=C1C=C(CCC)NC(=S)N1. The van der Waals surface area contributed by atoms with E-state index < -0.39 is 0 Å². The lowest BCUT2D eigenvalue weighted by molar-refractivity contribution is 0.831. The number of thiocarbonyl (C=S) groups is 1. The van der Waals surface area contributed by atoms with Crippen LogP contribution < -0.4 is 10.6 Å². The van der Waals surface area contributed by atoms with Gasteiger partial charge in [0.25, 0.3) is 0 Å².